The van der Waals surface area contributed by atoms with Gasteiger partial charge in [0, 0.05) is 13.8 Å². The molecular weight excluding hydrogens is 348 g/mol. The van der Waals surface area contributed by atoms with Gasteiger partial charge in [-0.25, -0.2) is 14.4 Å². The van der Waals surface area contributed by atoms with Crippen molar-refractivity contribution in [2.75, 3.05) is 0 Å². The Morgan fingerprint density at radius 2 is 1.63 bits per heavy atom. The molecule has 0 atom stereocenters. The Balaban J connectivity index is 1.73. The average molecular weight is 366 g/mol. The largest absolute Gasteiger partial charge is 0.423 e. The van der Waals surface area contributed by atoms with E-state index in [1.54, 1.807) is 42.5 Å². The summed E-state index contributed by atoms with van der Waals surface area (Å²) in [7, 11) is 0. The molecule has 1 saturated heterocycles. The van der Waals surface area contributed by atoms with E-state index < -0.39 is 23.7 Å². The van der Waals surface area contributed by atoms with Crippen LogP contribution >= 0.6 is 0 Å². The minimum Gasteiger partial charge on any atom is -0.423 e. The summed E-state index contributed by atoms with van der Waals surface area (Å²) >= 11 is 0. The molecule has 1 heterocycles. The molecule has 2 aromatic rings. The Bertz CT molecular complexity index is 915. The molecule has 27 heavy (non-hydrogen) atoms. The minimum absolute atomic E-state index is 0.196. The quantitative estimate of drug-likeness (QED) is 0.358. The highest BCUT2D eigenvalue weighted by Crippen LogP contribution is 2.24. The first kappa shape index (κ1) is 18.4. The molecular formula is C21H18O6. The topological polar surface area (TPSA) is 78.9 Å². The third-order valence-corrected chi connectivity index (χ3v) is 3.77. The first-order valence-electron chi connectivity index (χ1n) is 8.31. The minimum atomic E-state index is -1.28. The Morgan fingerprint density at radius 1 is 1.00 bits per heavy atom. The molecule has 0 aromatic heterocycles. The molecule has 0 bridgehead atoms. The van der Waals surface area contributed by atoms with Gasteiger partial charge in [0.25, 0.3) is 5.79 Å². The number of carbonyl (C=O) groups excluding carboxylic acids is 3. The molecule has 0 aliphatic carbocycles. The zero-order valence-corrected chi connectivity index (χ0v) is 15.1. The van der Waals surface area contributed by atoms with Crippen LogP contribution in [0.4, 0.5) is 0 Å². The standard InChI is InChI=1S/C21H18O6/c1-13-5-4-6-15(11-13)18(22)25-16-9-7-14(8-10-16)12-17-19(23)26-21(2,3)27-20(17)24/h4-12H,1-3H3. The lowest BCUT2D eigenvalue weighted by atomic mass is 10.1. The van der Waals surface area contributed by atoms with Crippen molar-refractivity contribution in [3.63, 3.8) is 0 Å². The number of hydrogen-bond acceptors (Lipinski definition) is 6. The van der Waals surface area contributed by atoms with Crippen LogP contribution in [0.1, 0.15) is 35.3 Å². The van der Waals surface area contributed by atoms with Gasteiger partial charge in [0.15, 0.2) is 0 Å². The van der Waals surface area contributed by atoms with Gasteiger partial charge in [-0.2, -0.15) is 0 Å². The molecule has 1 aliphatic rings. The van der Waals surface area contributed by atoms with Crippen molar-refractivity contribution in [3.05, 3.63) is 70.8 Å². The molecule has 2 aromatic carbocycles. The Hall–Kier alpha value is -3.41. The van der Waals surface area contributed by atoms with E-state index in [9.17, 15) is 14.4 Å². The lowest BCUT2D eigenvalue weighted by Gasteiger charge is -2.29. The number of benzene rings is 2. The highest BCUT2D eigenvalue weighted by molar-refractivity contribution is 6.18. The van der Waals surface area contributed by atoms with E-state index in [0.717, 1.165) is 5.56 Å². The highest BCUT2D eigenvalue weighted by atomic mass is 16.7. The van der Waals surface area contributed by atoms with Crippen LogP contribution in [0, 0.1) is 6.92 Å². The third-order valence-electron chi connectivity index (χ3n) is 3.77. The molecule has 1 fully saturated rings. The molecule has 0 saturated carbocycles. The second-order valence-electron chi connectivity index (χ2n) is 6.56. The number of esters is 3. The maximum absolute atomic E-state index is 12.2. The molecule has 138 valence electrons. The second-order valence-corrected chi connectivity index (χ2v) is 6.56. The van der Waals surface area contributed by atoms with Gasteiger partial charge in [-0.1, -0.05) is 29.8 Å². The molecule has 3 rings (SSSR count). The number of cyclic esters (lactones) is 2. The van der Waals surface area contributed by atoms with Crippen molar-refractivity contribution in [2.24, 2.45) is 0 Å². The Morgan fingerprint density at radius 3 is 2.22 bits per heavy atom. The number of hydrogen-bond donors (Lipinski definition) is 0. The molecule has 0 unspecified atom stereocenters. The average Bonchev–Trinajstić information content (AvgIpc) is 2.59. The normalized spacial score (nSPS) is 15.6. The fraction of sp³-hybridized carbons (Fsp3) is 0.190. The number of ether oxygens (including phenoxy) is 3. The predicted molar refractivity (Wildman–Crippen MR) is 96.8 cm³/mol. The van der Waals surface area contributed by atoms with Gasteiger partial charge in [0.05, 0.1) is 5.56 Å². The fourth-order valence-electron chi connectivity index (χ4n) is 2.52. The van der Waals surface area contributed by atoms with Crippen molar-refractivity contribution in [2.45, 2.75) is 26.6 Å². The van der Waals surface area contributed by atoms with Crippen LogP contribution in [0.5, 0.6) is 5.75 Å². The van der Waals surface area contributed by atoms with Crippen LogP contribution in [0.3, 0.4) is 0 Å². The van der Waals surface area contributed by atoms with E-state index in [1.165, 1.54) is 19.9 Å². The summed E-state index contributed by atoms with van der Waals surface area (Å²) in [5.41, 5.74) is 1.78. The maximum atomic E-state index is 12.2. The van der Waals surface area contributed by atoms with Crippen molar-refractivity contribution in [1.29, 1.82) is 0 Å². The predicted octanol–water partition coefficient (Wildman–Crippen LogP) is 3.43. The van der Waals surface area contributed by atoms with Crippen molar-refractivity contribution in [3.8, 4) is 5.75 Å². The molecule has 6 nitrogen and oxygen atoms in total. The van der Waals surface area contributed by atoms with Gasteiger partial charge >= 0.3 is 17.9 Å². The summed E-state index contributed by atoms with van der Waals surface area (Å²) in [6, 6.07) is 13.5. The fourth-order valence-corrected chi connectivity index (χ4v) is 2.52. The summed E-state index contributed by atoms with van der Waals surface area (Å²) in [4.78, 5) is 36.1. The van der Waals surface area contributed by atoms with E-state index in [1.807, 2.05) is 13.0 Å². The first-order chi connectivity index (χ1) is 12.7. The van der Waals surface area contributed by atoms with E-state index in [0.29, 0.717) is 16.9 Å². The van der Waals surface area contributed by atoms with Crippen molar-refractivity contribution < 1.29 is 28.6 Å². The monoisotopic (exact) mass is 366 g/mol. The summed E-state index contributed by atoms with van der Waals surface area (Å²) in [5.74, 6) is -2.89. The third kappa shape index (κ3) is 4.41. The lowest BCUT2D eigenvalue weighted by Crippen LogP contribution is -2.41. The van der Waals surface area contributed by atoms with E-state index >= 15 is 0 Å². The van der Waals surface area contributed by atoms with Crippen LogP contribution in [0.25, 0.3) is 6.08 Å². The van der Waals surface area contributed by atoms with Crippen molar-refractivity contribution >= 4 is 24.0 Å². The van der Waals surface area contributed by atoms with Crippen LogP contribution in [-0.4, -0.2) is 23.7 Å². The zero-order valence-electron chi connectivity index (χ0n) is 15.1. The summed E-state index contributed by atoms with van der Waals surface area (Å²) in [5, 5.41) is 0. The lowest BCUT2D eigenvalue weighted by molar-refractivity contribution is -0.222. The van der Waals surface area contributed by atoms with Crippen molar-refractivity contribution in [1.82, 2.24) is 0 Å². The molecule has 6 heteroatoms. The smallest absolute Gasteiger partial charge is 0.348 e. The molecule has 0 N–H and O–H groups in total. The van der Waals surface area contributed by atoms with Gasteiger partial charge in [0.2, 0.25) is 0 Å². The van der Waals surface area contributed by atoms with Gasteiger partial charge in [-0.15, -0.1) is 0 Å². The van der Waals surface area contributed by atoms with E-state index in [-0.39, 0.29) is 5.57 Å². The van der Waals surface area contributed by atoms with Crippen LogP contribution in [0.15, 0.2) is 54.1 Å². The number of carbonyl (C=O) groups is 3. The van der Waals surface area contributed by atoms with Gasteiger partial charge in [-0.3, -0.25) is 0 Å². The summed E-state index contributed by atoms with van der Waals surface area (Å²) < 4.78 is 15.4. The molecule has 1 aliphatic heterocycles. The second kappa shape index (κ2) is 7.07. The highest BCUT2D eigenvalue weighted by Gasteiger charge is 2.38. The molecule has 0 radical (unpaired) electrons. The van der Waals surface area contributed by atoms with Crippen LogP contribution in [0.2, 0.25) is 0 Å². The molecule has 0 amide bonds. The zero-order chi connectivity index (χ0) is 19.6. The number of aryl methyl sites for hydroxylation is 1. The van der Waals surface area contributed by atoms with E-state index in [2.05, 4.69) is 0 Å². The SMILES string of the molecule is Cc1cccc(C(=O)Oc2ccc(C=C3C(=O)OC(C)(C)OC3=O)cc2)c1. The Labute approximate surface area is 156 Å². The summed E-state index contributed by atoms with van der Waals surface area (Å²) in [6.07, 6.45) is 1.37. The summed E-state index contributed by atoms with van der Waals surface area (Å²) in [6.45, 7) is 4.86. The van der Waals surface area contributed by atoms with Gasteiger partial charge in [0.1, 0.15) is 11.3 Å². The van der Waals surface area contributed by atoms with Gasteiger partial charge in [-0.05, 0) is 42.8 Å². The Kier molecular flexibility index (Phi) is 4.81. The molecule has 0 spiro atoms. The van der Waals surface area contributed by atoms with Crippen LogP contribution < -0.4 is 4.74 Å². The van der Waals surface area contributed by atoms with Crippen LogP contribution in [-0.2, 0) is 19.1 Å². The van der Waals surface area contributed by atoms with Gasteiger partial charge < -0.3 is 14.2 Å². The maximum Gasteiger partial charge on any atom is 0.348 e. The number of rotatable bonds is 3. The van der Waals surface area contributed by atoms with E-state index in [4.69, 9.17) is 14.2 Å². The first-order valence-corrected chi connectivity index (χ1v) is 8.31.